The Morgan fingerprint density at radius 2 is 2.46 bits per heavy atom. The summed E-state index contributed by atoms with van der Waals surface area (Å²) in [5.41, 5.74) is 0. The van der Waals surface area contributed by atoms with E-state index in [1.54, 1.807) is 6.07 Å². The maximum Gasteiger partial charge on any atom is 0.406 e. The van der Waals surface area contributed by atoms with Crippen LogP contribution in [0.15, 0.2) is 18.3 Å². The predicted octanol–water partition coefficient (Wildman–Crippen LogP) is 1.59. The van der Waals surface area contributed by atoms with Crippen molar-refractivity contribution >= 4 is 5.82 Å². The number of aromatic nitrogens is 1. The van der Waals surface area contributed by atoms with Gasteiger partial charge in [0.05, 0.1) is 6.61 Å². The first-order chi connectivity index (χ1) is 6.25. The molecule has 0 atom stereocenters. The largest absolute Gasteiger partial charge is 0.486 e. The minimum absolute atomic E-state index is 0.191. The highest BCUT2D eigenvalue weighted by Gasteiger charge is 2.14. The van der Waals surface area contributed by atoms with Gasteiger partial charge >= 0.3 is 5.82 Å². The van der Waals surface area contributed by atoms with E-state index in [0.29, 0.717) is 13.0 Å². The Morgan fingerprint density at radius 3 is 3.08 bits per heavy atom. The second kappa shape index (κ2) is 4.39. The van der Waals surface area contributed by atoms with Gasteiger partial charge in [-0.25, -0.2) is 0 Å². The van der Waals surface area contributed by atoms with E-state index in [1.165, 1.54) is 12.3 Å². The third-order valence-electron chi connectivity index (χ3n) is 1.33. The minimum Gasteiger partial charge on any atom is -0.486 e. The summed E-state index contributed by atoms with van der Waals surface area (Å²) in [6, 6.07) is 3.10. The molecule has 0 spiro atoms. The maximum atomic E-state index is 10.4. The van der Waals surface area contributed by atoms with Crippen LogP contribution in [-0.2, 0) is 0 Å². The second-order valence-electron chi connectivity index (χ2n) is 2.28. The molecule has 5 nitrogen and oxygen atoms in total. The summed E-state index contributed by atoms with van der Waals surface area (Å²) in [7, 11) is 0. The summed E-state index contributed by atoms with van der Waals surface area (Å²) in [5, 5.41) is 10.4. The number of hydrogen-bond acceptors (Lipinski definition) is 4. The van der Waals surface area contributed by atoms with Crippen molar-refractivity contribution in [2.75, 3.05) is 6.61 Å². The maximum absolute atomic E-state index is 10.4. The number of nitrogens with zero attached hydrogens (tertiary/aromatic N) is 2. The molecule has 1 radical (unpaired) electrons. The van der Waals surface area contributed by atoms with Crippen molar-refractivity contribution in [2.24, 2.45) is 0 Å². The Labute approximate surface area is 75.5 Å². The standard InChI is InChI=1S/C8H9N2O3/c1-2-6-13-7-4-3-5-9-8(7)10(11)12/h3-5H,1-2,6H2. The molecule has 0 bridgehead atoms. The van der Waals surface area contributed by atoms with E-state index in [2.05, 4.69) is 11.9 Å². The van der Waals surface area contributed by atoms with Crippen molar-refractivity contribution < 1.29 is 9.66 Å². The van der Waals surface area contributed by atoms with Crippen LogP contribution in [0, 0.1) is 17.0 Å². The zero-order valence-electron chi connectivity index (χ0n) is 6.97. The van der Waals surface area contributed by atoms with E-state index in [-0.39, 0.29) is 11.6 Å². The van der Waals surface area contributed by atoms with Gasteiger partial charge in [-0.1, -0.05) is 0 Å². The van der Waals surface area contributed by atoms with Gasteiger partial charge in [0.15, 0.2) is 0 Å². The lowest BCUT2D eigenvalue weighted by Crippen LogP contribution is -2.00. The molecular weight excluding hydrogens is 172 g/mol. The molecule has 0 saturated heterocycles. The molecule has 0 aliphatic rings. The van der Waals surface area contributed by atoms with Gasteiger partial charge in [-0.3, -0.25) is 0 Å². The number of nitro groups is 1. The lowest BCUT2D eigenvalue weighted by atomic mass is 10.4. The molecule has 0 aliphatic carbocycles. The van der Waals surface area contributed by atoms with Crippen LogP contribution < -0.4 is 4.74 Å². The molecule has 1 aromatic rings. The SMILES string of the molecule is [CH2]CCOc1cccnc1[N+](=O)[O-]. The van der Waals surface area contributed by atoms with Gasteiger partial charge in [0.25, 0.3) is 0 Å². The van der Waals surface area contributed by atoms with E-state index in [9.17, 15) is 10.1 Å². The fourth-order valence-corrected chi connectivity index (χ4v) is 0.814. The Bertz CT molecular complexity index is 301. The zero-order chi connectivity index (χ0) is 9.68. The van der Waals surface area contributed by atoms with Crippen LogP contribution in [0.3, 0.4) is 0 Å². The monoisotopic (exact) mass is 181 g/mol. The summed E-state index contributed by atoms with van der Waals surface area (Å²) in [4.78, 5) is 13.4. The third-order valence-corrected chi connectivity index (χ3v) is 1.33. The number of hydrogen-bond donors (Lipinski definition) is 0. The first-order valence-corrected chi connectivity index (χ1v) is 3.77. The Kier molecular flexibility index (Phi) is 3.19. The highest BCUT2D eigenvalue weighted by molar-refractivity contribution is 5.38. The number of pyridine rings is 1. The molecule has 0 unspecified atom stereocenters. The van der Waals surface area contributed by atoms with Crippen LogP contribution in [0.25, 0.3) is 0 Å². The van der Waals surface area contributed by atoms with Gasteiger partial charge in [0, 0.05) is 0 Å². The first kappa shape index (κ1) is 9.44. The van der Waals surface area contributed by atoms with Crippen molar-refractivity contribution in [3.05, 3.63) is 35.4 Å². The Balaban J connectivity index is 2.84. The zero-order valence-corrected chi connectivity index (χ0v) is 6.97. The van der Waals surface area contributed by atoms with Crippen LogP contribution in [0.1, 0.15) is 6.42 Å². The topological polar surface area (TPSA) is 65.3 Å². The van der Waals surface area contributed by atoms with E-state index >= 15 is 0 Å². The van der Waals surface area contributed by atoms with Crippen LogP contribution in [0.5, 0.6) is 5.75 Å². The molecule has 0 N–H and O–H groups in total. The van der Waals surface area contributed by atoms with Crippen molar-refractivity contribution in [1.29, 1.82) is 0 Å². The van der Waals surface area contributed by atoms with Gasteiger partial charge in [0.1, 0.15) is 6.20 Å². The molecule has 13 heavy (non-hydrogen) atoms. The van der Waals surface area contributed by atoms with E-state index in [0.717, 1.165) is 0 Å². The van der Waals surface area contributed by atoms with Crippen LogP contribution >= 0.6 is 0 Å². The van der Waals surface area contributed by atoms with Gasteiger partial charge < -0.3 is 14.9 Å². The average Bonchev–Trinajstić information content (AvgIpc) is 2.15. The van der Waals surface area contributed by atoms with E-state index < -0.39 is 4.92 Å². The van der Waals surface area contributed by atoms with Crippen LogP contribution in [0.2, 0.25) is 0 Å². The molecule has 69 valence electrons. The number of ether oxygens (including phenoxy) is 1. The molecule has 0 saturated carbocycles. The quantitative estimate of drug-likeness (QED) is 0.522. The van der Waals surface area contributed by atoms with E-state index in [4.69, 9.17) is 4.74 Å². The van der Waals surface area contributed by atoms with Crippen molar-refractivity contribution in [3.8, 4) is 5.75 Å². The molecule has 0 amide bonds. The summed E-state index contributed by atoms with van der Waals surface area (Å²) in [6.07, 6.45) is 1.92. The minimum atomic E-state index is -0.571. The molecule has 1 rings (SSSR count). The fraction of sp³-hybridized carbons (Fsp3) is 0.250. The smallest absolute Gasteiger partial charge is 0.406 e. The third kappa shape index (κ3) is 2.40. The summed E-state index contributed by atoms with van der Waals surface area (Å²) in [5.74, 6) is -0.0629. The second-order valence-corrected chi connectivity index (χ2v) is 2.28. The molecule has 5 heteroatoms. The van der Waals surface area contributed by atoms with Gasteiger partial charge in [-0.15, -0.1) is 0 Å². The molecule has 1 heterocycles. The lowest BCUT2D eigenvalue weighted by molar-refractivity contribution is -0.390. The highest BCUT2D eigenvalue weighted by Crippen LogP contribution is 2.22. The fourth-order valence-electron chi connectivity index (χ4n) is 0.814. The average molecular weight is 181 g/mol. The first-order valence-electron chi connectivity index (χ1n) is 3.77. The molecule has 1 aromatic heterocycles. The summed E-state index contributed by atoms with van der Waals surface area (Å²) < 4.78 is 5.08. The van der Waals surface area contributed by atoms with E-state index in [1.807, 2.05) is 0 Å². The van der Waals surface area contributed by atoms with Crippen molar-refractivity contribution in [3.63, 3.8) is 0 Å². The number of rotatable bonds is 4. The van der Waals surface area contributed by atoms with Gasteiger partial charge in [-0.05, 0) is 35.4 Å². The van der Waals surface area contributed by atoms with Crippen LogP contribution in [0.4, 0.5) is 5.82 Å². The van der Waals surface area contributed by atoms with Crippen molar-refractivity contribution in [2.45, 2.75) is 6.42 Å². The summed E-state index contributed by atoms with van der Waals surface area (Å²) in [6.45, 7) is 3.91. The van der Waals surface area contributed by atoms with Crippen molar-refractivity contribution in [1.82, 2.24) is 4.98 Å². The lowest BCUT2D eigenvalue weighted by Gasteiger charge is -2.03. The molecule has 0 aromatic carbocycles. The summed E-state index contributed by atoms with van der Waals surface area (Å²) >= 11 is 0. The molecular formula is C8H9N2O3. The highest BCUT2D eigenvalue weighted by atomic mass is 16.6. The Hall–Kier alpha value is -1.65. The molecule has 0 fully saturated rings. The van der Waals surface area contributed by atoms with Gasteiger partial charge in [-0.2, -0.15) is 0 Å². The predicted molar refractivity (Wildman–Crippen MR) is 46.4 cm³/mol. The Morgan fingerprint density at radius 1 is 1.69 bits per heavy atom. The molecule has 0 aliphatic heterocycles. The van der Waals surface area contributed by atoms with Crippen LogP contribution in [-0.4, -0.2) is 16.5 Å². The van der Waals surface area contributed by atoms with Gasteiger partial charge in [0.2, 0.25) is 5.75 Å². The normalized spacial score (nSPS) is 9.62.